The van der Waals surface area contributed by atoms with E-state index < -0.39 is 11.6 Å². The first kappa shape index (κ1) is 16.7. The summed E-state index contributed by atoms with van der Waals surface area (Å²) in [5.41, 5.74) is 0.989. The van der Waals surface area contributed by atoms with Crippen LogP contribution in [0.5, 0.6) is 0 Å². The summed E-state index contributed by atoms with van der Waals surface area (Å²) in [7, 11) is 0. The van der Waals surface area contributed by atoms with Gasteiger partial charge in [0.25, 0.3) is 0 Å². The normalized spacial score (nSPS) is 12.4. The van der Waals surface area contributed by atoms with Crippen molar-refractivity contribution in [1.82, 2.24) is 0 Å². The third-order valence-corrected chi connectivity index (χ3v) is 4.73. The molecule has 0 heterocycles. The Morgan fingerprint density at radius 2 is 1.76 bits per heavy atom. The Bertz CT molecular complexity index is 632. The lowest BCUT2D eigenvalue weighted by atomic mass is 9.93. The van der Waals surface area contributed by atoms with Crippen LogP contribution in [-0.4, -0.2) is 5.88 Å². The van der Waals surface area contributed by atoms with Gasteiger partial charge in [-0.25, -0.2) is 8.78 Å². The van der Waals surface area contributed by atoms with Crippen LogP contribution >= 0.6 is 39.1 Å². The van der Waals surface area contributed by atoms with E-state index in [1.807, 2.05) is 18.2 Å². The summed E-state index contributed by atoms with van der Waals surface area (Å²) in [4.78, 5) is 0. The number of alkyl halides is 1. The number of halogens is 5. The molecule has 1 atom stereocenters. The molecule has 2 rings (SSSR count). The van der Waals surface area contributed by atoms with Gasteiger partial charge < -0.3 is 0 Å². The molecule has 0 fully saturated rings. The lowest BCUT2D eigenvalue weighted by Crippen LogP contribution is -2.13. The van der Waals surface area contributed by atoms with Crippen LogP contribution in [0.4, 0.5) is 8.78 Å². The van der Waals surface area contributed by atoms with Crippen molar-refractivity contribution in [2.75, 3.05) is 5.88 Å². The van der Waals surface area contributed by atoms with E-state index in [0.29, 0.717) is 17.3 Å². The molecule has 0 amide bonds. The molecule has 0 bridgehead atoms. The van der Waals surface area contributed by atoms with Crippen LogP contribution in [0.1, 0.15) is 11.1 Å². The third kappa shape index (κ3) is 4.18. The molecule has 112 valence electrons. The fourth-order valence-corrected chi connectivity index (χ4v) is 3.00. The van der Waals surface area contributed by atoms with E-state index in [2.05, 4.69) is 15.9 Å². The molecule has 0 aromatic heterocycles. The minimum absolute atomic E-state index is 0.0575. The highest BCUT2D eigenvalue weighted by atomic mass is 79.9. The smallest absolute Gasteiger partial charge is 0.143 e. The van der Waals surface area contributed by atoms with Crippen molar-refractivity contribution in [3.63, 3.8) is 0 Å². The van der Waals surface area contributed by atoms with Crippen molar-refractivity contribution in [3.05, 3.63) is 68.7 Å². The maximum atomic E-state index is 14.0. The quantitative estimate of drug-likeness (QED) is 0.430. The Morgan fingerprint density at radius 1 is 1.05 bits per heavy atom. The van der Waals surface area contributed by atoms with Crippen LogP contribution in [0.15, 0.2) is 40.9 Å². The van der Waals surface area contributed by atoms with E-state index >= 15 is 0 Å². The molecule has 0 spiro atoms. The van der Waals surface area contributed by atoms with Crippen molar-refractivity contribution < 1.29 is 8.78 Å². The number of benzene rings is 2. The number of hydrogen-bond donors (Lipinski definition) is 0. The first-order chi connectivity index (χ1) is 10.0. The SMILES string of the molecule is Fc1ccc(Br)c(F)c1CC(CCl)Cc1ccccc1Cl. The fraction of sp³-hybridized carbons (Fsp3) is 0.250. The van der Waals surface area contributed by atoms with E-state index in [4.69, 9.17) is 23.2 Å². The lowest BCUT2D eigenvalue weighted by Gasteiger charge is -2.16. The van der Waals surface area contributed by atoms with Gasteiger partial charge in [0.05, 0.1) is 4.47 Å². The van der Waals surface area contributed by atoms with Gasteiger partial charge in [0.1, 0.15) is 11.6 Å². The molecule has 0 aliphatic carbocycles. The zero-order chi connectivity index (χ0) is 15.4. The van der Waals surface area contributed by atoms with Gasteiger partial charge in [-0.3, -0.25) is 0 Å². The molecule has 21 heavy (non-hydrogen) atoms. The molecule has 0 nitrogen and oxygen atoms in total. The molecule has 0 radical (unpaired) electrons. The Balaban J connectivity index is 2.21. The van der Waals surface area contributed by atoms with Crippen molar-refractivity contribution in [1.29, 1.82) is 0 Å². The topological polar surface area (TPSA) is 0 Å². The Hall–Kier alpha value is -0.640. The maximum Gasteiger partial charge on any atom is 0.143 e. The maximum absolute atomic E-state index is 14.0. The highest BCUT2D eigenvalue weighted by Gasteiger charge is 2.18. The van der Waals surface area contributed by atoms with Crippen LogP contribution in [0.3, 0.4) is 0 Å². The lowest BCUT2D eigenvalue weighted by molar-refractivity contribution is 0.505. The van der Waals surface area contributed by atoms with Crippen LogP contribution in [-0.2, 0) is 12.8 Å². The highest BCUT2D eigenvalue weighted by molar-refractivity contribution is 9.10. The van der Waals surface area contributed by atoms with Crippen molar-refractivity contribution in [2.24, 2.45) is 5.92 Å². The fourth-order valence-electron chi connectivity index (χ4n) is 2.20. The van der Waals surface area contributed by atoms with Gasteiger partial charge >= 0.3 is 0 Å². The summed E-state index contributed by atoms with van der Waals surface area (Å²) in [5.74, 6) is -0.907. The van der Waals surface area contributed by atoms with E-state index in [1.54, 1.807) is 6.07 Å². The van der Waals surface area contributed by atoms with Crippen LogP contribution in [0, 0.1) is 17.6 Å². The molecular formula is C16H13BrCl2F2. The van der Waals surface area contributed by atoms with Gasteiger partial charge in [0.2, 0.25) is 0 Å². The molecule has 5 heteroatoms. The molecule has 0 aliphatic rings. The molecule has 1 unspecified atom stereocenters. The van der Waals surface area contributed by atoms with Crippen LogP contribution in [0.25, 0.3) is 0 Å². The van der Waals surface area contributed by atoms with Crippen molar-refractivity contribution >= 4 is 39.1 Å². The Kier molecular flexibility index (Phi) is 6.03. The number of hydrogen-bond acceptors (Lipinski definition) is 0. The molecule has 2 aromatic rings. The molecule has 2 aromatic carbocycles. The minimum Gasteiger partial charge on any atom is -0.207 e. The summed E-state index contributed by atoms with van der Waals surface area (Å²) in [6.45, 7) is 0. The van der Waals surface area contributed by atoms with Gasteiger partial charge in [-0.05, 0) is 58.5 Å². The zero-order valence-corrected chi connectivity index (χ0v) is 14.2. The molecular weight excluding hydrogens is 381 g/mol. The van der Waals surface area contributed by atoms with E-state index in [9.17, 15) is 8.78 Å². The standard InChI is InChI=1S/C16H13BrCl2F2/c17-13-5-6-15(20)12(16(13)21)8-10(9-18)7-11-3-1-2-4-14(11)19/h1-6,10H,7-9H2. The summed E-state index contributed by atoms with van der Waals surface area (Å²) < 4.78 is 28.1. The average Bonchev–Trinajstić information content (AvgIpc) is 2.48. The Morgan fingerprint density at radius 3 is 2.43 bits per heavy atom. The zero-order valence-electron chi connectivity index (χ0n) is 11.1. The van der Waals surface area contributed by atoms with Gasteiger partial charge in [0, 0.05) is 16.5 Å². The van der Waals surface area contributed by atoms with Gasteiger partial charge in [-0.2, -0.15) is 0 Å². The third-order valence-electron chi connectivity index (χ3n) is 3.32. The second kappa shape index (κ2) is 7.57. The van der Waals surface area contributed by atoms with Crippen molar-refractivity contribution in [2.45, 2.75) is 12.8 Å². The first-order valence-electron chi connectivity index (χ1n) is 6.44. The summed E-state index contributed by atoms with van der Waals surface area (Å²) >= 11 is 15.2. The molecule has 0 aliphatic heterocycles. The average molecular weight is 394 g/mol. The van der Waals surface area contributed by atoms with Gasteiger partial charge in [-0.1, -0.05) is 29.8 Å². The summed E-state index contributed by atoms with van der Waals surface area (Å²) in [6, 6.07) is 10.0. The molecule has 0 saturated heterocycles. The monoisotopic (exact) mass is 392 g/mol. The summed E-state index contributed by atoms with van der Waals surface area (Å²) in [5, 5.41) is 0.641. The van der Waals surface area contributed by atoms with E-state index in [0.717, 1.165) is 5.56 Å². The molecule has 0 saturated carbocycles. The van der Waals surface area contributed by atoms with Crippen LogP contribution in [0.2, 0.25) is 5.02 Å². The second-order valence-corrected chi connectivity index (χ2v) is 6.41. The minimum atomic E-state index is -0.565. The largest absolute Gasteiger partial charge is 0.207 e. The van der Waals surface area contributed by atoms with Crippen molar-refractivity contribution in [3.8, 4) is 0 Å². The van der Waals surface area contributed by atoms with E-state index in [1.165, 1.54) is 12.1 Å². The molecule has 0 N–H and O–H groups in total. The first-order valence-corrected chi connectivity index (χ1v) is 8.15. The van der Waals surface area contributed by atoms with E-state index in [-0.39, 0.29) is 22.4 Å². The van der Waals surface area contributed by atoms with Gasteiger partial charge in [-0.15, -0.1) is 11.6 Å². The Labute approximate surface area is 141 Å². The highest BCUT2D eigenvalue weighted by Crippen LogP contribution is 2.27. The summed E-state index contributed by atoms with van der Waals surface area (Å²) in [6.07, 6.45) is 0.806. The second-order valence-electron chi connectivity index (χ2n) is 4.84. The predicted octanol–water partition coefficient (Wildman–Crippen LogP) is 6.02. The predicted molar refractivity (Wildman–Crippen MR) is 87.1 cm³/mol. The van der Waals surface area contributed by atoms with Gasteiger partial charge in [0.15, 0.2) is 0 Å². The number of rotatable bonds is 5. The van der Waals surface area contributed by atoms with Crippen LogP contribution < -0.4 is 0 Å².